The number of hydrogen-bond donors (Lipinski definition) is 2. The van der Waals surface area contributed by atoms with Crippen molar-refractivity contribution in [2.24, 2.45) is 0 Å². The Morgan fingerprint density at radius 3 is 2.45 bits per heavy atom. The molecule has 1 heterocycles. The predicted molar refractivity (Wildman–Crippen MR) is 71.1 cm³/mol. The van der Waals surface area contributed by atoms with Crippen molar-refractivity contribution in [1.29, 1.82) is 0 Å². The Bertz CT molecular complexity index is 476. The highest BCUT2D eigenvalue weighted by Crippen LogP contribution is 2.04. The zero-order valence-electron chi connectivity index (χ0n) is 11.2. The monoisotopic (exact) mass is 279 g/mol. The molecule has 0 saturated carbocycles. The van der Waals surface area contributed by atoms with Crippen molar-refractivity contribution in [3.63, 3.8) is 0 Å². The Morgan fingerprint density at radius 1 is 1.25 bits per heavy atom. The van der Waals surface area contributed by atoms with Crippen LogP contribution < -0.4 is 5.32 Å². The second-order valence-corrected chi connectivity index (χ2v) is 4.15. The molecule has 108 valence electrons. The SMILES string of the molecule is CC(=O)NCCN(CCC(=O)O)C(=O)c1ccncc1. The highest BCUT2D eigenvalue weighted by atomic mass is 16.4. The molecule has 1 aromatic heterocycles. The van der Waals surface area contributed by atoms with Crippen LogP contribution in [0.3, 0.4) is 0 Å². The van der Waals surface area contributed by atoms with E-state index in [9.17, 15) is 14.4 Å². The molecule has 1 rings (SSSR count). The Labute approximate surface area is 116 Å². The molecule has 1 aromatic rings. The van der Waals surface area contributed by atoms with Crippen LogP contribution in [0.15, 0.2) is 24.5 Å². The third kappa shape index (κ3) is 5.47. The molecular weight excluding hydrogens is 262 g/mol. The van der Waals surface area contributed by atoms with Crippen LogP contribution in [0.5, 0.6) is 0 Å². The number of aliphatic carboxylic acids is 1. The lowest BCUT2D eigenvalue weighted by Gasteiger charge is -2.22. The number of carboxylic acids is 1. The molecule has 0 aromatic carbocycles. The highest BCUT2D eigenvalue weighted by Gasteiger charge is 2.16. The standard InChI is InChI=1S/C13H17N3O4/c1-10(17)15-7-9-16(8-4-12(18)19)13(20)11-2-5-14-6-3-11/h2-3,5-6H,4,7-9H2,1H3,(H,15,17)(H,18,19). The normalized spacial score (nSPS) is 9.85. The number of pyridine rings is 1. The molecule has 7 heteroatoms. The first-order chi connectivity index (χ1) is 9.50. The number of nitrogens with one attached hydrogen (secondary N) is 1. The van der Waals surface area contributed by atoms with E-state index in [0.717, 1.165) is 0 Å². The Balaban J connectivity index is 2.67. The first-order valence-electron chi connectivity index (χ1n) is 6.16. The third-order valence-electron chi connectivity index (χ3n) is 2.57. The van der Waals surface area contributed by atoms with Gasteiger partial charge >= 0.3 is 5.97 Å². The number of aromatic nitrogens is 1. The number of rotatable bonds is 7. The van der Waals surface area contributed by atoms with Crippen LogP contribution in [-0.4, -0.2) is 52.4 Å². The summed E-state index contributed by atoms with van der Waals surface area (Å²) in [4.78, 5) is 38.9. The van der Waals surface area contributed by atoms with Crippen molar-refractivity contribution in [3.05, 3.63) is 30.1 Å². The highest BCUT2D eigenvalue weighted by molar-refractivity contribution is 5.94. The first-order valence-corrected chi connectivity index (χ1v) is 6.16. The molecule has 0 spiro atoms. The summed E-state index contributed by atoms with van der Waals surface area (Å²) in [5, 5.41) is 11.3. The van der Waals surface area contributed by atoms with E-state index in [1.807, 2.05) is 0 Å². The zero-order chi connectivity index (χ0) is 15.0. The maximum Gasteiger partial charge on any atom is 0.305 e. The van der Waals surface area contributed by atoms with Gasteiger partial charge in [0.25, 0.3) is 5.91 Å². The maximum atomic E-state index is 12.2. The van der Waals surface area contributed by atoms with Crippen molar-refractivity contribution in [2.75, 3.05) is 19.6 Å². The van der Waals surface area contributed by atoms with Gasteiger partial charge in [-0.15, -0.1) is 0 Å². The van der Waals surface area contributed by atoms with Crippen LogP contribution in [-0.2, 0) is 9.59 Å². The van der Waals surface area contributed by atoms with Crippen LogP contribution in [0.1, 0.15) is 23.7 Å². The minimum Gasteiger partial charge on any atom is -0.481 e. The number of carbonyl (C=O) groups excluding carboxylic acids is 2. The topological polar surface area (TPSA) is 99.6 Å². The van der Waals surface area contributed by atoms with Gasteiger partial charge in [0.05, 0.1) is 6.42 Å². The fraction of sp³-hybridized carbons (Fsp3) is 0.385. The van der Waals surface area contributed by atoms with Crippen molar-refractivity contribution in [1.82, 2.24) is 15.2 Å². The molecule has 2 amide bonds. The number of amides is 2. The second kappa shape index (κ2) is 7.88. The van der Waals surface area contributed by atoms with E-state index in [2.05, 4.69) is 10.3 Å². The minimum absolute atomic E-state index is 0.0933. The summed E-state index contributed by atoms with van der Waals surface area (Å²) < 4.78 is 0. The van der Waals surface area contributed by atoms with Crippen LogP contribution in [0.2, 0.25) is 0 Å². The van der Waals surface area contributed by atoms with Gasteiger partial charge in [-0.3, -0.25) is 19.4 Å². The number of nitrogens with zero attached hydrogens (tertiary/aromatic N) is 2. The summed E-state index contributed by atoms with van der Waals surface area (Å²) in [6.07, 6.45) is 2.85. The molecule has 0 aliphatic rings. The van der Waals surface area contributed by atoms with E-state index in [1.165, 1.54) is 24.2 Å². The number of hydrogen-bond acceptors (Lipinski definition) is 4. The molecule has 0 radical (unpaired) electrons. The molecule has 0 fully saturated rings. The van der Waals surface area contributed by atoms with Gasteiger partial charge in [-0.1, -0.05) is 0 Å². The van der Waals surface area contributed by atoms with Crippen LogP contribution in [0.4, 0.5) is 0 Å². The molecule has 0 unspecified atom stereocenters. The quantitative estimate of drug-likeness (QED) is 0.739. The fourth-order valence-corrected chi connectivity index (χ4v) is 1.59. The molecule has 20 heavy (non-hydrogen) atoms. The summed E-state index contributed by atoms with van der Waals surface area (Å²) in [5.74, 6) is -1.45. The average Bonchev–Trinajstić information content (AvgIpc) is 2.42. The summed E-state index contributed by atoms with van der Waals surface area (Å²) in [5.41, 5.74) is 0.438. The van der Waals surface area contributed by atoms with Crippen LogP contribution in [0.25, 0.3) is 0 Å². The van der Waals surface area contributed by atoms with E-state index in [1.54, 1.807) is 12.1 Å². The molecular formula is C13H17N3O4. The third-order valence-corrected chi connectivity index (χ3v) is 2.57. The largest absolute Gasteiger partial charge is 0.481 e. The Morgan fingerprint density at radius 2 is 1.90 bits per heavy atom. The smallest absolute Gasteiger partial charge is 0.305 e. The van der Waals surface area contributed by atoms with E-state index in [0.29, 0.717) is 5.56 Å². The molecule has 0 saturated heterocycles. The van der Waals surface area contributed by atoms with Gasteiger partial charge in [0.1, 0.15) is 0 Å². The van der Waals surface area contributed by atoms with E-state index in [-0.39, 0.29) is 37.9 Å². The molecule has 0 atom stereocenters. The Hall–Kier alpha value is -2.44. The van der Waals surface area contributed by atoms with Crippen LogP contribution >= 0.6 is 0 Å². The molecule has 2 N–H and O–H groups in total. The van der Waals surface area contributed by atoms with Gasteiger partial charge in [0, 0.05) is 44.5 Å². The number of carbonyl (C=O) groups is 3. The van der Waals surface area contributed by atoms with Gasteiger partial charge in [-0.25, -0.2) is 0 Å². The lowest BCUT2D eigenvalue weighted by atomic mass is 10.2. The maximum absolute atomic E-state index is 12.2. The van der Waals surface area contributed by atoms with E-state index < -0.39 is 5.97 Å². The average molecular weight is 279 g/mol. The summed E-state index contributed by atoms with van der Waals surface area (Å²) >= 11 is 0. The van der Waals surface area contributed by atoms with Crippen molar-refractivity contribution < 1.29 is 19.5 Å². The van der Waals surface area contributed by atoms with Gasteiger partial charge in [-0.2, -0.15) is 0 Å². The predicted octanol–water partition coefficient (Wildman–Crippen LogP) is 0.135. The van der Waals surface area contributed by atoms with Gasteiger partial charge < -0.3 is 15.3 Å². The van der Waals surface area contributed by atoms with Gasteiger partial charge in [0.2, 0.25) is 5.91 Å². The summed E-state index contributed by atoms with van der Waals surface area (Å²) in [6.45, 7) is 2.02. The summed E-state index contributed by atoms with van der Waals surface area (Å²) in [7, 11) is 0. The first kappa shape index (κ1) is 15.6. The lowest BCUT2D eigenvalue weighted by molar-refractivity contribution is -0.137. The van der Waals surface area contributed by atoms with Crippen LogP contribution in [0, 0.1) is 0 Å². The second-order valence-electron chi connectivity index (χ2n) is 4.15. The Kier molecular flexibility index (Phi) is 6.15. The van der Waals surface area contributed by atoms with Crippen molar-refractivity contribution in [3.8, 4) is 0 Å². The molecule has 0 aliphatic heterocycles. The number of carboxylic acid groups (broad SMARTS) is 1. The fourth-order valence-electron chi connectivity index (χ4n) is 1.59. The summed E-state index contributed by atoms with van der Waals surface area (Å²) in [6, 6.07) is 3.13. The van der Waals surface area contributed by atoms with Gasteiger partial charge in [-0.05, 0) is 12.1 Å². The van der Waals surface area contributed by atoms with E-state index >= 15 is 0 Å². The van der Waals surface area contributed by atoms with E-state index in [4.69, 9.17) is 5.11 Å². The zero-order valence-corrected chi connectivity index (χ0v) is 11.2. The molecule has 0 aliphatic carbocycles. The van der Waals surface area contributed by atoms with Crippen molar-refractivity contribution in [2.45, 2.75) is 13.3 Å². The lowest BCUT2D eigenvalue weighted by Crippen LogP contribution is -2.39. The molecule has 7 nitrogen and oxygen atoms in total. The van der Waals surface area contributed by atoms with Crippen molar-refractivity contribution >= 4 is 17.8 Å². The molecule has 0 bridgehead atoms. The van der Waals surface area contributed by atoms with Gasteiger partial charge in [0.15, 0.2) is 0 Å². The minimum atomic E-state index is -0.975.